The van der Waals surface area contributed by atoms with Crippen LogP contribution in [0, 0.1) is 0 Å². The van der Waals surface area contributed by atoms with E-state index in [0.717, 1.165) is 5.56 Å². The minimum Gasteiger partial charge on any atom is -0.391 e. The van der Waals surface area contributed by atoms with Crippen molar-refractivity contribution in [2.24, 2.45) is 5.73 Å². The third-order valence-electron chi connectivity index (χ3n) is 2.05. The fourth-order valence-electron chi connectivity index (χ4n) is 1.26. The minimum atomic E-state index is -0.484. The zero-order valence-electron chi connectivity index (χ0n) is 8.14. The van der Waals surface area contributed by atoms with E-state index in [1.807, 2.05) is 30.3 Å². The number of amides is 1. The van der Waals surface area contributed by atoms with Crippen molar-refractivity contribution in [2.75, 3.05) is 0 Å². The second kappa shape index (κ2) is 5.62. The van der Waals surface area contributed by atoms with Crippen molar-refractivity contribution in [3.05, 3.63) is 41.6 Å². The van der Waals surface area contributed by atoms with Gasteiger partial charge in [-0.15, -0.1) is 0 Å². The maximum Gasteiger partial charge on any atom is 0.207 e. The SMILES string of the molecule is NC(=C=O)C(Cc1ccccc1)NC=O. The fraction of sp³-hybridized carbons (Fsp3) is 0.182. The summed E-state index contributed by atoms with van der Waals surface area (Å²) in [5, 5.41) is 2.48. The Labute approximate surface area is 87.8 Å². The number of rotatable bonds is 5. The van der Waals surface area contributed by atoms with E-state index in [1.165, 1.54) is 0 Å². The lowest BCUT2D eigenvalue weighted by Gasteiger charge is -2.13. The van der Waals surface area contributed by atoms with E-state index in [4.69, 9.17) is 5.73 Å². The van der Waals surface area contributed by atoms with Crippen LogP contribution in [0.4, 0.5) is 0 Å². The van der Waals surface area contributed by atoms with Crippen LogP contribution in [-0.4, -0.2) is 18.4 Å². The topological polar surface area (TPSA) is 72.2 Å². The van der Waals surface area contributed by atoms with Crippen molar-refractivity contribution in [3.8, 4) is 0 Å². The molecule has 1 aromatic rings. The van der Waals surface area contributed by atoms with Gasteiger partial charge in [-0.05, 0) is 12.0 Å². The Morgan fingerprint density at radius 3 is 2.67 bits per heavy atom. The van der Waals surface area contributed by atoms with Crippen molar-refractivity contribution in [1.29, 1.82) is 0 Å². The summed E-state index contributed by atoms with van der Waals surface area (Å²) in [5.41, 5.74) is 6.42. The maximum absolute atomic E-state index is 10.4. The van der Waals surface area contributed by atoms with E-state index in [2.05, 4.69) is 5.32 Å². The smallest absolute Gasteiger partial charge is 0.207 e. The number of benzene rings is 1. The van der Waals surface area contributed by atoms with Crippen LogP contribution in [0.25, 0.3) is 0 Å². The summed E-state index contributed by atoms with van der Waals surface area (Å²) in [7, 11) is 0. The average molecular weight is 204 g/mol. The molecule has 1 amide bonds. The number of nitrogens with two attached hydrogens (primary N) is 1. The van der Waals surface area contributed by atoms with Gasteiger partial charge in [-0.3, -0.25) is 4.79 Å². The highest BCUT2D eigenvalue weighted by Gasteiger charge is 2.11. The molecule has 0 saturated carbocycles. The average Bonchev–Trinajstić information content (AvgIpc) is 2.29. The van der Waals surface area contributed by atoms with Gasteiger partial charge in [0.05, 0.1) is 6.04 Å². The summed E-state index contributed by atoms with van der Waals surface area (Å²) in [6, 6.07) is 8.98. The molecule has 0 aliphatic carbocycles. The molecule has 1 unspecified atom stereocenters. The Bertz CT molecular complexity index is 369. The van der Waals surface area contributed by atoms with Gasteiger partial charge in [0.1, 0.15) is 11.6 Å². The highest BCUT2D eigenvalue weighted by molar-refractivity contribution is 5.56. The van der Waals surface area contributed by atoms with Crippen LogP contribution in [-0.2, 0) is 16.0 Å². The quantitative estimate of drug-likeness (QED) is 0.524. The van der Waals surface area contributed by atoms with Gasteiger partial charge < -0.3 is 11.1 Å². The molecule has 1 rings (SSSR count). The molecule has 4 heteroatoms. The van der Waals surface area contributed by atoms with Crippen molar-refractivity contribution < 1.29 is 9.59 Å². The van der Waals surface area contributed by atoms with Gasteiger partial charge in [-0.25, -0.2) is 4.79 Å². The molecule has 0 saturated heterocycles. The van der Waals surface area contributed by atoms with E-state index >= 15 is 0 Å². The summed E-state index contributed by atoms with van der Waals surface area (Å²) in [6.45, 7) is 0. The minimum absolute atomic E-state index is 0.00551. The Morgan fingerprint density at radius 2 is 2.13 bits per heavy atom. The van der Waals surface area contributed by atoms with Crippen LogP contribution < -0.4 is 11.1 Å². The predicted molar refractivity (Wildman–Crippen MR) is 56.5 cm³/mol. The molecule has 4 nitrogen and oxygen atoms in total. The van der Waals surface area contributed by atoms with Gasteiger partial charge in [0.25, 0.3) is 0 Å². The van der Waals surface area contributed by atoms with Crippen LogP contribution in [0.3, 0.4) is 0 Å². The van der Waals surface area contributed by atoms with E-state index in [9.17, 15) is 9.59 Å². The number of carbonyl (C=O) groups excluding carboxylic acids is 2. The van der Waals surface area contributed by atoms with Crippen LogP contribution in [0.2, 0.25) is 0 Å². The Morgan fingerprint density at radius 1 is 1.47 bits per heavy atom. The van der Waals surface area contributed by atoms with Crippen LogP contribution >= 0.6 is 0 Å². The second-order valence-corrected chi connectivity index (χ2v) is 3.08. The first-order valence-electron chi connectivity index (χ1n) is 4.52. The summed E-state index contributed by atoms with van der Waals surface area (Å²) in [6.07, 6.45) is 1.01. The number of carbonyl (C=O) groups is 1. The van der Waals surface area contributed by atoms with E-state index in [1.54, 1.807) is 5.94 Å². The van der Waals surface area contributed by atoms with E-state index < -0.39 is 6.04 Å². The Hall–Kier alpha value is -2.06. The highest BCUT2D eigenvalue weighted by Crippen LogP contribution is 2.05. The summed E-state index contributed by atoms with van der Waals surface area (Å²) >= 11 is 0. The third kappa shape index (κ3) is 3.29. The van der Waals surface area contributed by atoms with E-state index in [0.29, 0.717) is 12.8 Å². The Balaban J connectivity index is 2.75. The predicted octanol–water partition coefficient (Wildman–Crippen LogP) is 0.0179. The monoisotopic (exact) mass is 204 g/mol. The van der Waals surface area contributed by atoms with Crippen LogP contribution in [0.5, 0.6) is 0 Å². The lowest BCUT2D eigenvalue weighted by atomic mass is 10.0. The Kier molecular flexibility index (Phi) is 4.13. The number of hydrogen-bond acceptors (Lipinski definition) is 3. The van der Waals surface area contributed by atoms with Crippen molar-refractivity contribution in [3.63, 3.8) is 0 Å². The molecule has 0 heterocycles. The molecule has 0 radical (unpaired) electrons. The molecule has 3 N–H and O–H groups in total. The van der Waals surface area contributed by atoms with Crippen LogP contribution in [0.1, 0.15) is 5.56 Å². The maximum atomic E-state index is 10.4. The fourth-order valence-corrected chi connectivity index (χ4v) is 1.26. The third-order valence-corrected chi connectivity index (χ3v) is 2.05. The van der Waals surface area contributed by atoms with E-state index in [-0.39, 0.29) is 5.70 Å². The van der Waals surface area contributed by atoms with Crippen molar-refractivity contribution in [1.82, 2.24) is 5.32 Å². The molecule has 0 fully saturated rings. The first-order valence-corrected chi connectivity index (χ1v) is 4.52. The molecule has 1 aromatic carbocycles. The molecule has 0 aliphatic rings. The largest absolute Gasteiger partial charge is 0.391 e. The van der Waals surface area contributed by atoms with Crippen molar-refractivity contribution in [2.45, 2.75) is 12.5 Å². The molecule has 1 atom stereocenters. The first-order chi connectivity index (χ1) is 7.27. The number of hydrogen-bond donors (Lipinski definition) is 2. The van der Waals surface area contributed by atoms with Gasteiger partial charge in [0.2, 0.25) is 6.41 Å². The van der Waals surface area contributed by atoms with Gasteiger partial charge in [0, 0.05) is 0 Å². The molecule has 0 bridgehead atoms. The second-order valence-electron chi connectivity index (χ2n) is 3.08. The lowest BCUT2D eigenvalue weighted by molar-refractivity contribution is -0.109. The van der Waals surface area contributed by atoms with Gasteiger partial charge in [-0.1, -0.05) is 30.3 Å². The highest BCUT2D eigenvalue weighted by atomic mass is 16.1. The molecule has 0 aromatic heterocycles. The lowest BCUT2D eigenvalue weighted by Crippen LogP contribution is -2.35. The molecule has 0 spiro atoms. The standard InChI is InChI=1S/C11H12N2O2/c12-10(7-14)11(13-8-15)6-9-4-2-1-3-5-9/h1-5,8,11H,6,12H2,(H,13,15). The first kappa shape index (κ1) is 11.0. The molecule has 0 aliphatic heterocycles. The number of nitrogens with one attached hydrogen (secondary N) is 1. The summed E-state index contributed by atoms with van der Waals surface area (Å²) in [5.74, 6) is 1.59. The summed E-state index contributed by atoms with van der Waals surface area (Å²) in [4.78, 5) is 20.7. The molecule has 15 heavy (non-hydrogen) atoms. The molecule has 78 valence electrons. The van der Waals surface area contributed by atoms with Gasteiger partial charge in [0.15, 0.2) is 0 Å². The molecular weight excluding hydrogens is 192 g/mol. The normalized spacial score (nSPS) is 11.2. The zero-order chi connectivity index (χ0) is 11.1. The van der Waals surface area contributed by atoms with Crippen LogP contribution in [0.15, 0.2) is 36.0 Å². The van der Waals surface area contributed by atoms with Crippen molar-refractivity contribution >= 4 is 12.4 Å². The zero-order valence-corrected chi connectivity index (χ0v) is 8.14. The summed E-state index contributed by atoms with van der Waals surface area (Å²) < 4.78 is 0. The molecular formula is C11H12N2O2. The van der Waals surface area contributed by atoms with Gasteiger partial charge in [-0.2, -0.15) is 0 Å². The van der Waals surface area contributed by atoms with Gasteiger partial charge >= 0.3 is 0 Å².